The first-order chi connectivity index (χ1) is 11.4. The Kier molecular flexibility index (Phi) is 6.60. The lowest BCUT2D eigenvalue weighted by Gasteiger charge is -2.33. The number of rotatable bonds is 5. The van der Waals surface area contributed by atoms with E-state index in [0.29, 0.717) is 12.1 Å². The summed E-state index contributed by atoms with van der Waals surface area (Å²) in [5.74, 6) is -0.556. The van der Waals surface area contributed by atoms with E-state index in [2.05, 4.69) is 14.5 Å². The van der Waals surface area contributed by atoms with Crippen LogP contribution in [0.2, 0.25) is 0 Å². The first-order valence-electron chi connectivity index (χ1n) is 6.61. The number of halogens is 6. The quantitative estimate of drug-likeness (QED) is 0.635. The molecule has 2 amide bonds. The zero-order valence-corrected chi connectivity index (χ0v) is 13.3. The predicted octanol–water partition coefficient (Wildman–Crippen LogP) is 3.11. The van der Waals surface area contributed by atoms with Gasteiger partial charge in [0.2, 0.25) is 0 Å². The number of nitrogens with one attached hydrogen (secondary N) is 1. The van der Waals surface area contributed by atoms with Gasteiger partial charge in [0.15, 0.2) is 12.3 Å². The Morgan fingerprint density at radius 3 is 2.20 bits per heavy atom. The highest BCUT2D eigenvalue weighted by molar-refractivity contribution is 5.88. The fourth-order valence-electron chi connectivity index (χ4n) is 1.91. The van der Waals surface area contributed by atoms with Gasteiger partial charge in [-0.25, -0.2) is 9.78 Å². The van der Waals surface area contributed by atoms with Crippen LogP contribution in [-0.4, -0.2) is 55.7 Å². The van der Waals surface area contributed by atoms with Crippen LogP contribution < -0.4 is 5.32 Å². The van der Waals surface area contributed by atoms with Crippen LogP contribution >= 0.6 is 0 Å². The molecule has 0 saturated carbocycles. The van der Waals surface area contributed by atoms with Crippen molar-refractivity contribution in [2.75, 3.05) is 26.6 Å². The molecule has 1 atom stereocenters. The molecule has 0 saturated heterocycles. The van der Waals surface area contributed by atoms with Crippen LogP contribution in [0.1, 0.15) is 5.56 Å². The summed E-state index contributed by atoms with van der Waals surface area (Å²) in [7, 11) is 2.70. The number of aromatic nitrogens is 1. The molecule has 1 aromatic heterocycles. The van der Waals surface area contributed by atoms with Crippen LogP contribution in [0.4, 0.5) is 37.0 Å². The first-order valence-corrected chi connectivity index (χ1v) is 6.61. The van der Waals surface area contributed by atoms with Crippen LogP contribution in [0.15, 0.2) is 18.3 Å². The Bertz CT molecular complexity index is 589. The molecule has 142 valence electrons. The van der Waals surface area contributed by atoms with E-state index in [-0.39, 0.29) is 4.90 Å². The molecule has 0 aromatic carbocycles. The number of hydrogen-bond donors (Lipinski definition) is 1. The molecule has 12 heteroatoms. The normalized spacial score (nSPS) is 13.7. The maximum atomic E-state index is 13.2. The zero-order valence-electron chi connectivity index (χ0n) is 13.3. The first kappa shape index (κ1) is 21.0. The minimum Gasteiger partial charge on any atom is -0.353 e. The number of carbonyl (C=O) groups excluding carboxylic acids is 1. The van der Waals surface area contributed by atoms with Crippen LogP contribution in [0, 0.1) is 0 Å². The van der Waals surface area contributed by atoms with E-state index >= 15 is 0 Å². The predicted molar refractivity (Wildman–Crippen MR) is 73.7 cm³/mol. The molecule has 0 bridgehead atoms. The highest BCUT2D eigenvalue weighted by Gasteiger charge is 2.50. The molecule has 0 radical (unpaired) electrons. The summed E-state index contributed by atoms with van der Waals surface area (Å²) >= 11 is 0. The van der Waals surface area contributed by atoms with Crippen molar-refractivity contribution in [1.82, 2.24) is 9.88 Å². The van der Waals surface area contributed by atoms with Crippen LogP contribution in [0.25, 0.3) is 0 Å². The fraction of sp³-hybridized carbons (Fsp3) is 0.538. The molecule has 1 unspecified atom stereocenters. The van der Waals surface area contributed by atoms with Gasteiger partial charge in [0.05, 0.1) is 5.56 Å². The Labute approximate surface area is 138 Å². The summed E-state index contributed by atoms with van der Waals surface area (Å²) < 4.78 is 86.4. The molecular weight excluding hydrogens is 360 g/mol. The molecule has 25 heavy (non-hydrogen) atoms. The number of nitrogens with zero attached hydrogens (tertiary/aromatic N) is 2. The number of hydrogen-bond acceptors (Lipinski definition) is 4. The van der Waals surface area contributed by atoms with Gasteiger partial charge in [0, 0.05) is 27.5 Å². The lowest BCUT2D eigenvalue weighted by Crippen LogP contribution is -2.55. The Morgan fingerprint density at radius 2 is 1.76 bits per heavy atom. The van der Waals surface area contributed by atoms with Crippen molar-refractivity contribution >= 4 is 11.8 Å². The monoisotopic (exact) mass is 375 g/mol. The molecule has 1 aromatic rings. The number of ether oxygens (including phenoxy) is 2. The maximum Gasteiger partial charge on any atom is 0.416 e. The van der Waals surface area contributed by atoms with Crippen molar-refractivity contribution in [3.8, 4) is 0 Å². The number of anilines is 1. The van der Waals surface area contributed by atoms with Gasteiger partial charge in [-0.05, 0) is 12.1 Å². The standard InChI is InChI=1S/C13H15F6N3O3/c1-22(9(13(17,18)19)10(24-2)25-3)11(23)21-8-6-7(4-5-20-8)12(14,15)16/h4-6,9-10H,1-3H3,(H,20,21,23). The van der Waals surface area contributed by atoms with Gasteiger partial charge in [-0.1, -0.05) is 0 Å². The van der Waals surface area contributed by atoms with E-state index in [9.17, 15) is 31.1 Å². The van der Waals surface area contributed by atoms with Gasteiger partial charge in [-0.2, -0.15) is 26.3 Å². The average molecular weight is 375 g/mol. The van der Waals surface area contributed by atoms with Gasteiger partial charge in [-0.3, -0.25) is 5.32 Å². The molecular formula is C13H15F6N3O3. The van der Waals surface area contributed by atoms with Gasteiger partial charge >= 0.3 is 18.4 Å². The number of carbonyl (C=O) groups is 1. The minimum absolute atomic E-state index is 0.208. The smallest absolute Gasteiger partial charge is 0.353 e. The van der Waals surface area contributed by atoms with Gasteiger partial charge in [0.25, 0.3) is 0 Å². The minimum atomic E-state index is -4.91. The van der Waals surface area contributed by atoms with Gasteiger partial charge < -0.3 is 14.4 Å². The molecule has 0 spiro atoms. The van der Waals surface area contributed by atoms with Crippen molar-refractivity contribution in [2.45, 2.75) is 24.7 Å². The molecule has 0 aliphatic rings. The molecule has 0 aliphatic carbocycles. The van der Waals surface area contributed by atoms with Gasteiger partial charge in [-0.15, -0.1) is 0 Å². The van der Waals surface area contributed by atoms with E-state index in [1.54, 1.807) is 0 Å². The molecule has 6 nitrogen and oxygen atoms in total. The third-order valence-electron chi connectivity index (χ3n) is 3.12. The number of methoxy groups -OCH3 is 2. The third kappa shape index (κ3) is 5.46. The van der Waals surface area contributed by atoms with Gasteiger partial charge in [0.1, 0.15) is 5.82 Å². The van der Waals surface area contributed by atoms with E-state index < -0.39 is 42.1 Å². The molecule has 1 heterocycles. The van der Waals surface area contributed by atoms with E-state index in [4.69, 9.17) is 0 Å². The summed E-state index contributed by atoms with van der Waals surface area (Å²) in [5.41, 5.74) is -1.11. The Balaban J connectivity index is 3.01. The molecule has 0 aliphatic heterocycles. The maximum absolute atomic E-state index is 13.2. The van der Waals surface area contributed by atoms with E-state index in [0.717, 1.165) is 27.5 Å². The third-order valence-corrected chi connectivity index (χ3v) is 3.12. The van der Waals surface area contributed by atoms with E-state index in [1.807, 2.05) is 5.32 Å². The van der Waals surface area contributed by atoms with Crippen molar-refractivity contribution < 1.29 is 40.6 Å². The Hall–Kier alpha value is -2.08. The highest BCUT2D eigenvalue weighted by Crippen LogP contribution is 2.31. The lowest BCUT2D eigenvalue weighted by atomic mass is 10.2. The van der Waals surface area contributed by atoms with Crippen LogP contribution in [0.3, 0.4) is 0 Å². The number of amides is 2. The summed E-state index contributed by atoms with van der Waals surface area (Å²) in [6, 6.07) is -2.68. The summed E-state index contributed by atoms with van der Waals surface area (Å²) in [5, 5.41) is 1.87. The highest BCUT2D eigenvalue weighted by atomic mass is 19.4. The summed E-state index contributed by atoms with van der Waals surface area (Å²) in [4.78, 5) is 15.7. The molecule has 0 fully saturated rings. The van der Waals surface area contributed by atoms with Crippen molar-refractivity contribution in [2.24, 2.45) is 0 Å². The topological polar surface area (TPSA) is 63.7 Å². The molecule has 1 N–H and O–H groups in total. The summed E-state index contributed by atoms with van der Waals surface area (Å²) in [6.45, 7) is 0. The fourth-order valence-corrected chi connectivity index (χ4v) is 1.91. The molecule has 1 rings (SSSR count). The van der Waals surface area contributed by atoms with Crippen molar-refractivity contribution in [1.29, 1.82) is 0 Å². The number of alkyl halides is 6. The average Bonchev–Trinajstić information content (AvgIpc) is 2.50. The van der Waals surface area contributed by atoms with Crippen molar-refractivity contribution in [3.05, 3.63) is 23.9 Å². The van der Waals surface area contributed by atoms with E-state index in [1.165, 1.54) is 0 Å². The lowest BCUT2D eigenvalue weighted by molar-refractivity contribution is -0.247. The van der Waals surface area contributed by atoms with Crippen LogP contribution in [-0.2, 0) is 15.7 Å². The Morgan fingerprint density at radius 1 is 1.20 bits per heavy atom. The second-order valence-electron chi connectivity index (χ2n) is 4.79. The number of urea groups is 1. The van der Waals surface area contributed by atoms with Crippen LogP contribution in [0.5, 0.6) is 0 Å². The zero-order chi connectivity index (χ0) is 19.4. The SMILES string of the molecule is COC(OC)C(N(C)C(=O)Nc1cc(C(F)(F)F)ccn1)C(F)(F)F. The summed E-state index contributed by atoms with van der Waals surface area (Å²) in [6.07, 6.45) is -10.7. The number of pyridine rings is 1. The largest absolute Gasteiger partial charge is 0.416 e. The number of likely N-dealkylation sites (N-methyl/N-ethyl adjacent to an activating group) is 1. The second-order valence-corrected chi connectivity index (χ2v) is 4.79. The van der Waals surface area contributed by atoms with Crippen molar-refractivity contribution in [3.63, 3.8) is 0 Å². The second kappa shape index (κ2) is 7.87.